The maximum Gasteiger partial charge on any atom is 0.332 e. The van der Waals surface area contributed by atoms with E-state index in [0.717, 1.165) is 12.8 Å². The molecular weight excluding hydrogens is 468 g/mol. The van der Waals surface area contributed by atoms with E-state index in [2.05, 4.69) is 81.4 Å². The van der Waals surface area contributed by atoms with Gasteiger partial charge in [-0.1, -0.05) is 107 Å². The third-order valence-corrected chi connectivity index (χ3v) is 11.0. The van der Waals surface area contributed by atoms with E-state index >= 15 is 0 Å². The average Bonchev–Trinajstić information content (AvgIpc) is 2.86. The summed E-state index contributed by atoms with van der Waals surface area (Å²) in [6, 6.07) is 21.4. The summed E-state index contributed by atoms with van der Waals surface area (Å²) in [5, 5.41) is 2.54. The molecule has 36 heavy (non-hydrogen) atoms. The van der Waals surface area contributed by atoms with E-state index in [1.54, 1.807) is 0 Å². The fourth-order valence-corrected chi connectivity index (χ4v) is 8.85. The van der Waals surface area contributed by atoms with Crippen molar-refractivity contribution in [3.8, 4) is 0 Å². The van der Waals surface area contributed by atoms with Crippen molar-refractivity contribution >= 4 is 24.7 Å². The van der Waals surface area contributed by atoms with Crippen LogP contribution < -0.4 is 10.4 Å². The molecule has 198 valence electrons. The number of benzene rings is 2. The minimum Gasteiger partial charge on any atom is -0.460 e. The van der Waals surface area contributed by atoms with E-state index < -0.39 is 8.32 Å². The Morgan fingerprint density at radius 2 is 1.47 bits per heavy atom. The van der Waals surface area contributed by atoms with E-state index in [9.17, 15) is 4.79 Å². The Morgan fingerprint density at radius 1 is 0.889 bits per heavy atom. The molecule has 6 heteroatoms. The van der Waals surface area contributed by atoms with Gasteiger partial charge >= 0.3 is 5.97 Å². The molecule has 0 aromatic heterocycles. The van der Waals surface area contributed by atoms with Crippen LogP contribution in [0.5, 0.6) is 0 Å². The monoisotopic (exact) mass is 512 g/mol. The van der Waals surface area contributed by atoms with Gasteiger partial charge in [-0.3, -0.25) is 0 Å². The van der Waals surface area contributed by atoms with E-state index in [4.69, 9.17) is 18.6 Å². The second kappa shape index (κ2) is 15.8. The van der Waals surface area contributed by atoms with Crippen LogP contribution in [0.1, 0.15) is 47.5 Å². The van der Waals surface area contributed by atoms with Crippen LogP contribution in [0.3, 0.4) is 0 Å². The molecule has 1 atom stereocenters. The Balaban J connectivity index is 1.80. The summed E-state index contributed by atoms with van der Waals surface area (Å²) in [4.78, 5) is 11.7. The third kappa shape index (κ3) is 9.32. The Labute approximate surface area is 218 Å². The second-order valence-corrected chi connectivity index (χ2v) is 14.4. The molecule has 1 unspecified atom stereocenters. The lowest BCUT2D eigenvalue weighted by molar-refractivity contribution is -0.148. The SMILES string of the molecule is CC/C=C\COC(=O)COCC(C)COCCCO[Si](c1ccccc1)(c1ccccc1)C(C)(C)C. The predicted molar refractivity (Wildman–Crippen MR) is 149 cm³/mol. The molecule has 0 radical (unpaired) electrons. The van der Waals surface area contributed by atoms with Gasteiger partial charge in [-0.25, -0.2) is 4.79 Å². The first-order valence-electron chi connectivity index (χ1n) is 13.0. The van der Waals surface area contributed by atoms with Gasteiger partial charge in [0.25, 0.3) is 8.32 Å². The zero-order valence-electron chi connectivity index (χ0n) is 22.7. The van der Waals surface area contributed by atoms with Crippen LogP contribution in [0, 0.1) is 5.92 Å². The maximum absolute atomic E-state index is 11.7. The number of ether oxygens (including phenoxy) is 3. The smallest absolute Gasteiger partial charge is 0.332 e. The highest BCUT2D eigenvalue weighted by molar-refractivity contribution is 6.99. The number of allylic oxidation sites excluding steroid dienone is 1. The largest absolute Gasteiger partial charge is 0.460 e. The predicted octanol–water partition coefficient (Wildman–Crippen LogP) is 5.13. The molecule has 0 N–H and O–H groups in total. The van der Waals surface area contributed by atoms with Crippen LogP contribution in [-0.4, -0.2) is 53.9 Å². The Bertz CT molecular complexity index is 853. The van der Waals surface area contributed by atoms with E-state index in [0.29, 0.717) is 33.0 Å². The van der Waals surface area contributed by atoms with Crippen molar-refractivity contribution in [2.24, 2.45) is 5.92 Å². The van der Waals surface area contributed by atoms with Gasteiger partial charge in [0.05, 0.1) is 13.2 Å². The fourth-order valence-electron chi connectivity index (χ4n) is 4.24. The lowest BCUT2D eigenvalue weighted by Gasteiger charge is -2.43. The molecule has 0 aliphatic carbocycles. The quantitative estimate of drug-likeness (QED) is 0.135. The lowest BCUT2D eigenvalue weighted by Crippen LogP contribution is -2.66. The van der Waals surface area contributed by atoms with Gasteiger partial charge in [0.15, 0.2) is 0 Å². The number of hydrogen-bond donors (Lipinski definition) is 0. The Hall–Kier alpha value is -2.25. The molecule has 0 saturated heterocycles. The third-order valence-electron chi connectivity index (χ3n) is 5.94. The zero-order valence-corrected chi connectivity index (χ0v) is 23.7. The normalized spacial score (nSPS) is 13.1. The molecule has 0 bridgehead atoms. The molecular formula is C30H44O5Si. The molecule has 0 spiro atoms. The molecule has 2 rings (SSSR count). The molecule has 2 aromatic carbocycles. The first-order chi connectivity index (χ1) is 17.3. The standard InChI is InChI=1S/C30H44O5Si/c1-6-7-14-21-34-29(31)25-33-24-26(2)23-32-20-15-22-35-36(30(3,4)5,27-16-10-8-11-17-27)28-18-12-9-13-19-28/h7-14,16-19,26H,6,15,20-25H2,1-5H3/b14-7-. The molecule has 0 aliphatic heterocycles. The molecule has 5 nitrogen and oxygen atoms in total. The fraction of sp³-hybridized carbons (Fsp3) is 0.500. The minimum atomic E-state index is -2.50. The van der Waals surface area contributed by atoms with Crippen molar-refractivity contribution in [3.05, 3.63) is 72.8 Å². The van der Waals surface area contributed by atoms with Gasteiger partial charge in [-0.2, -0.15) is 0 Å². The highest BCUT2D eigenvalue weighted by Crippen LogP contribution is 2.36. The first-order valence-corrected chi connectivity index (χ1v) is 14.9. The molecule has 0 saturated carbocycles. The van der Waals surface area contributed by atoms with Gasteiger partial charge < -0.3 is 18.6 Å². The van der Waals surface area contributed by atoms with Crippen LogP contribution in [-0.2, 0) is 23.4 Å². The topological polar surface area (TPSA) is 54.0 Å². The summed E-state index contributed by atoms with van der Waals surface area (Å²) in [6.45, 7) is 13.5. The summed E-state index contributed by atoms with van der Waals surface area (Å²) in [5.74, 6) is -0.153. The summed E-state index contributed by atoms with van der Waals surface area (Å²) in [6.07, 6.45) is 5.55. The van der Waals surface area contributed by atoms with Crippen LogP contribution in [0.4, 0.5) is 0 Å². The summed E-state index contributed by atoms with van der Waals surface area (Å²) in [7, 11) is -2.50. The van der Waals surface area contributed by atoms with Crippen LogP contribution in [0.25, 0.3) is 0 Å². The number of esters is 1. The van der Waals surface area contributed by atoms with E-state index in [-0.39, 0.29) is 23.5 Å². The Morgan fingerprint density at radius 3 is 2.03 bits per heavy atom. The van der Waals surface area contributed by atoms with Gasteiger partial charge in [0, 0.05) is 19.1 Å². The van der Waals surface area contributed by atoms with Crippen LogP contribution >= 0.6 is 0 Å². The number of carbonyl (C=O) groups is 1. The van der Waals surface area contributed by atoms with Crippen molar-refractivity contribution in [3.63, 3.8) is 0 Å². The van der Waals surface area contributed by atoms with Crippen LogP contribution in [0.15, 0.2) is 72.8 Å². The molecule has 0 aliphatic rings. The number of rotatable bonds is 16. The highest BCUT2D eigenvalue weighted by atomic mass is 28.4. The van der Waals surface area contributed by atoms with Crippen molar-refractivity contribution in [1.82, 2.24) is 0 Å². The van der Waals surface area contributed by atoms with Crippen molar-refractivity contribution < 1.29 is 23.4 Å². The second-order valence-electron chi connectivity index (χ2n) is 10.1. The number of hydrogen-bond acceptors (Lipinski definition) is 5. The average molecular weight is 513 g/mol. The van der Waals surface area contributed by atoms with Gasteiger partial charge in [0.1, 0.15) is 13.2 Å². The highest BCUT2D eigenvalue weighted by Gasteiger charge is 2.49. The number of carbonyl (C=O) groups excluding carboxylic acids is 1. The van der Waals surface area contributed by atoms with Crippen molar-refractivity contribution in [2.75, 3.05) is 39.6 Å². The maximum atomic E-state index is 11.7. The lowest BCUT2D eigenvalue weighted by atomic mass is 10.2. The van der Waals surface area contributed by atoms with Gasteiger partial charge in [-0.05, 0) is 28.3 Å². The molecule has 2 aromatic rings. The molecule has 0 fully saturated rings. The Kier molecular flexibility index (Phi) is 13.1. The summed E-state index contributed by atoms with van der Waals surface area (Å²) >= 11 is 0. The van der Waals surface area contributed by atoms with Crippen molar-refractivity contribution in [1.29, 1.82) is 0 Å². The zero-order chi connectivity index (χ0) is 26.3. The molecule has 0 amide bonds. The summed E-state index contributed by atoms with van der Waals surface area (Å²) in [5.41, 5.74) is 0. The van der Waals surface area contributed by atoms with Gasteiger partial charge in [0.2, 0.25) is 0 Å². The molecule has 0 heterocycles. The minimum absolute atomic E-state index is 0.0311. The van der Waals surface area contributed by atoms with E-state index in [1.807, 2.05) is 26.0 Å². The van der Waals surface area contributed by atoms with Crippen LogP contribution in [0.2, 0.25) is 5.04 Å². The van der Waals surface area contributed by atoms with Gasteiger partial charge in [-0.15, -0.1) is 0 Å². The van der Waals surface area contributed by atoms with E-state index in [1.165, 1.54) is 10.4 Å². The summed E-state index contributed by atoms with van der Waals surface area (Å²) < 4.78 is 23.3. The first kappa shape index (κ1) is 30.0. The van der Waals surface area contributed by atoms with Crippen molar-refractivity contribution in [2.45, 2.75) is 52.5 Å².